The van der Waals surface area contributed by atoms with E-state index in [-0.39, 0.29) is 18.4 Å². The molecule has 0 bridgehead atoms. The van der Waals surface area contributed by atoms with E-state index in [4.69, 9.17) is 10.2 Å². The maximum absolute atomic E-state index is 10.7. The van der Waals surface area contributed by atoms with Gasteiger partial charge in [0.1, 0.15) is 0 Å². The molecule has 14 heavy (non-hydrogen) atoms. The fourth-order valence-corrected chi connectivity index (χ4v) is 2.46. The molecule has 0 aromatic rings. The molecule has 2 unspecified atom stereocenters. The van der Waals surface area contributed by atoms with Crippen molar-refractivity contribution in [3.63, 3.8) is 0 Å². The van der Waals surface area contributed by atoms with E-state index in [1.165, 1.54) is 0 Å². The summed E-state index contributed by atoms with van der Waals surface area (Å²) in [7, 11) is -3.59. The Labute approximate surface area is 84.9 Å². The topological polar surface area (TPSA) is 92.4 Å². The predicted octanol–water partition coefficient (Wildman–Crippen LogP) is -0.422. The third kappa shape index (κ3) is 3.91. The smallest absolute Gasteiger partial charge is 0.274 e. The van der Waals surface area contributed by atoms with Crippen molar-refractivity contribution in [1.82, 2.24) is 4.72 Å². The number of aliphatic hydroxyl groups is 1. The van der Waals surface area contributed by atoms with Crippen LogP contribution < -0.4 is 9.86 Å². The minimum absolute atomic E-state index is 0.136. The predicted molar refractivity (Wildman–Crippen MR) is 53.6 cm³/mol. The summed E-state index contributed by atoms with van der Waals surface area (Å²) in [5.74, 6) is 0.449. The lowest BCUT2D eigenvalue weighted by atomic mass is 9.80. The highest BCUT2D eigenvalue weighted by atomic mass is 32.2. The zero-order valence-corrected chi connectivity index (χ0v) is 8.96. The Morgan fingerprint density at radius 2 is 1.86 bits per heavy atom. The van der Waals surface area contributed by atoms with E-state index in [0.717, 1.165) is 25.7 Å². The van der Waals surface area contributed by atoms with Crippen LogP contribution in [0.1, 0.15) is 25.7 Å². The monoisotopic (exact) mass is 222 g/mol. The van der Waals surface area contributed by atoms with Crippen molar-refractivity contribution in [2.24, 2.45) is 17.0 Å². The minimum atomic E-state index is -3.59. The van der Waals surface area contributed by atoms with Gasteiger partial charge < -0.3 is 5.11 Å². The number of aliphatic hydroxyl groups excluding tert-OH is 1. The fourth-order valence-electron chi connectivity index (χ4n) is 2.02. The molecular formula is C8H18N2O3S. The van der Waals surface area contributed by atoms with Gasteiger partial charge in [0.15, 0.2) is 0 Å². The van der Waals surface area contributed by atoms with Gasteiger partial charge >= 0.3 is 0 Å². The van der Waals surface area contributed by atoms with Crippen LogP contribution in [0.5, 0.6) is 0 Å². The number of hydrogen-bond acceptors (Lipinski definition) is 3. The van der Waals surface area contributed by atoms with Crippen LogP contribution in [0, 0.1) is 11.8 Å². The maximum Gasteiger partial charge on any atom is 0.274 e. The normalized spacial score (nSPS) is 29.0. The van der Waals surface area contributed by atoms with Crippen LogP contribution in [0.25, 0.3) is 0 Å². The number of rotatable bonds is 4. The van der Waals surface area contributed by atoms with Crippen LogP contribution in [0.2, 0.25) is 0 Å². The van der Waals surface area contributed by atoms with Crippen molar-refractivity contribution in [3.8, 4) is 0 Å². The molecule has 84 valence electrons. The molecule has 0 amide bonds. The van der Waals surface area contributed by atoms with Gasteiger partial charge in [-0.2, -0.15) is 8.42 Å². The summed E-state index contributed by atoms with van der Waals surface area (Å²) in [6.07, 6.45) is 4.17. The van der Waals surface area contributed by atoms with Crippen molar-refractivity contribution in [3.05, 3.63) is 0 Å². The van der Waals surface area contributed by atoms with Crippen LogP contribution in [0.4, 0.5) is 0 Å². The molecule has 1 fully saturated rings. The minimum Gasteiger partial charge on any atom is -0.396 e. The van der Waals surface area contributed by atoms with Gasteiger partial charge in [0.05, 0.1) is 0 Å². The van der Waals surface area contributed by atoms with Gasteiger partial charge in [-0.3, -0.25) is 0 Å². The molecular weight excluding hydrogens is 204 g/mol. The zero-order chi connectivity index (χ0) is 10.6. The molecule has 1 rings (SSSR count). The maximum atomic E-state index is 10.7. The molecule has 4 N–H and O–H groups in total. The molecule has 0 aromatic heterocycles. The van der Waals surface area contributed by atoms with Crippen LogP contribution in [0.3, 0.4) is 0 Å². The summed E-state index contributed by atoms with van der Waals surface area (Å²) in [6.45, 7) is 0.487. The third-order valence-corrected chi connectivity index (χ3v) is 3.42. The lowest BCUT2D eigenvalue weighted by molar-refractivity contribution is 0.136. The Balaban J connectivity index is 2.41. The molecule has 1 saturated carbocycles. The average molecular weight is 222 g/mol. The first-order chi connectivity index (χ1) is 6.53. The highest BCUT2D eigenvalue weighted by Crippen LogP contribution is 2.28. The second-order valence-electron chi connectivity index (χ2n) is 3.88. The first-order valence-electron chi connectivity index (χ1n) is 4.91. The Hall–Kier alpha value is -0.170. The summed E-state index contributed by atoms with van der Waals surface area (Å²) in [5, 5.41) is 13.9. The van der Waals surface area contributed by atoms with Crippen molar-refractivity contribution in [2.45, 2.75) is 25.7 Å². The van der Waals surface area contributed by atoms with E-state index in [2.05, 4.69) is 4.72 Å². The van der Waals surface area contributed by atoms with Gasteiger partial charge in [-0.25, -0.2) is 9.86 Å². The second-order valence-corrected chi connectivity index (χ2v) is 5.26. The van der Waals surface area contributed by atoms with Crippen LogP contribution >= 0.6 is 0 Å². The van der Waals surface area contributed by atoms with E-state index in [1.807, 2.05) is 0 Å². The van der Waals surface area contributed by atoms with E-state index < -0.39 is 10.2 Å². The largest absolute Gasteiger partial charge is 0.396 e. The molecule has 2 atom stereocenters. The fraction of sp³-hybridized carbons (Fsp3) is 1.00. The average Bonchev–Trinajstić information content (AvgIpc) is 2.14. The number of nitrogens with two attached hydrogens (primary N) is 1. The Morgan fingerprint density at radius 3 is 2.36 bits per heavy atom. The highest BCUT2D eigenvalue weighted by molar-refractivity contribution is 7.87. The Morgan fingerprint density at radius 1 is 1.29 bits per heavy atom. The summed E-state index contributed by atoms with van der Waals surface area (Å²) in [4.78, 5) is 0. The van der Waals surface area contributed by atoms with Crippen LogP contribution in [0.15, 0.2) is 0 Å². The second kappa shape index (κ2) is 5.06. The molecule has 0 radical (unpaired) electrons. The van der Waals surface area contributed by atoms with Crippen molar-refractivity contribution < 1.29 is 13.5 Å². The quantitative estimate of drug-likeness (QED) is 0.603. The summed E-state index contributed by atoms with van der Waals surface area (Å²) in [6, 6.07) is 0. The Bertz CT molecular complexity index is 266. The molecule has 0 heterocycles. The van der Waals surface area contributed by atoms with E-state index in [0.29, 0.717) is 6.54 Å². The Kier molecular flexibility index (Phi) is 4.31. The van der Waals surface area contributed by atoms with Crippen molar-refractivity contribution >= 4 is 10.2 Å². The lowest BCUT2D eigenvalue weighted by Crippen LogP contribution is -2.38. The lowest BCUT2D eigenvalue weighted by Gasteiger charge is -2.29. The van der Waals surface area contributed by atoms with Gasteiger partial charge in [0.25, 0.3) is 10.2 Å². The number of hydrogen-bond donors (Lipinski definition) is 3. The van der Waals surface area contributed by atoms with E-state index in [1.54, 1.807) is 0 Å². The first kappa shape index (κ1) is 11.9. The molecule has 1 aliphatic carbocycles. The molecule has 6 heteroatoms. The van der Waals surface area contributed by atoms with E-state index in [9.17, 15) is 8.42 Å². The van der Waals surface area contributed by atoms with Crippen LogP contribution in [-0.4, -0.2) is 26.7 Å². The van der Waals surface area contributed by atoms with E-state index >= 15 is 0 Å². The molecule has 0 saturated heterocycles. The molecule has 0 aliphatic heterocycles. The SMILES string of the molecule is NS(=O)(=O)NCC1CCCCC1CO. The van der Waals surface area contributed by atoms with Gasteiger partial charge in [-0.15, -0.1) is 0 Å². The van der Waals surface area contributed by atoms with Gasteiger partial charge in [-0.05, 0) is 24.7 Å². The highest BCUT2D eigenvalue weighted by Gasteiger charge is 2.24. The zero-order valence-electron chi connectivity index (χ0n) is 8.15. The van der Waals surface area contributed by atoms with Gasteiger partial charge in [-0.1, -0.05) is 12.8 Å². The third-order valence-electron chi connectivity index (χ3n) is 2.85. The molecule has 5 nitrogen and oxygen atoms in total. The van der Waals surface area contributed by atoms with Gasteiger partial charge in [0, 0.05) is 13.2 Å². The standard InChI is InChI=1S/C8H18N2O3S/c9-14(12,13)10-5-7-3-1-2-4-8(7)6-11/h7-8,10-11H,1-6H2,(H2,9,12,13). The summed E-state index contributed by atoms with van der Waals surface area (Å²) >= 11 is 0. The van der Waals surface area contributed by atoms with Gasteiger partial charge in [0.2, 0.25) is 0 Å². The van der Waals surface area contributed by atoms with Crippen LogP contribution in [-0.2, 0) is 10.2 Å². The molecule has 0 aromatic carbocycles. The summed E-state index contributed by atoms with van der Waals surface area (Å²) < 4.78 is 23.6. The number of nitrogens with one attached hydrogen (secondary N) is 1. The van der Waals surface area contributed by atoms with Crippen molar-refractivity contribution in [2.75, 3.05) is 13.2 Å². The first-order valence-corrected chi connectivity index (χ1v) is 6.46. The molecule has 0 spiro atoms. The summed E-state index contributed by atoms with van der Waals surface area (Å²) in [5.41, 5.74) is 0. The molecule has 1 aliphatic rings. The van der Waals surface area contributed by atoms with Crippen molar-refractivity contribution in [1.29, 1.82) is 0 Å².